The Hall–Kier alpha value is -2.25. The molecule has 7 heteroatoms. The van der Waals surface area contributed by atoms with E-state index < -0.39 is 9.84 Å². The van der Waals surface area contributed by atoms with E-state index in [1.54, 1.807) is 18.2 Å². The van der Waals surface area contributed by atoms with E-state index in [4.69, 9.17) is 0 Å². The van der Waals surface area contributed by atoms with Crippen LogP contribution in [0.15, 0.2) is 47.4 Å². The number of aromatic nitrogens is 1. The fourth-order valence-corrected chi connectivity index (χ4v) is 4.99. The van der Waals surface area contributed by atoms with Gasteiger partial charge in [-0.2, -0.15) is 0 Å². The Bertz CT molecular complexity index is 1050. The Morgan fingerprint density at radius 1 is 1.15 bits per heavy atom. The molecular formula is C20H22N2O3S2. The molecule has 1 heterocycles. The number of carbonyl (C=O) groups excluding carboxylic acids is 1. The molecule has 1 aromatic heterocycles. The fraction of sp³-hybridized carbons (Fsp3) is 0.300. The van der Waals surface area contributed by atoms with Gasteiger partial charge in [0, 0.05) is 6.42 Å². The van der Waals surface area contributed by atoms with Crippen molar-refractivity contribution < 1.29 is 13.2 Å². The summed E-state index contributed by atoms with van der Waals surface area (Å²) in [5.74, 6) is -0.511. The van der Waals surface area contributed by atoms with Crippen molar-refractivity contribution in [1.29, 1.82) is 0 Å². The molecule has 0 fully saturated rings. The Kier molecular flexibility index (Phi) is 5.62. The van der Waals surface area contributed by atoms with Crippen LogP contribution in [-0.2, 0) is 14.6 Å². The zero-order chi connectivity index (χ0) is 19.6. The summed E-state index contributed by atoms with van der Waals surface area (Å²) in [6.07, 6.45) is -0.0789. The standard InChI is InChI=1S/C20H22N2O3S2/c1-13-8-9-16(12-14(13)2)27(24,25)11-10-19(23)21-15(3)20-22-17-6-4-5-7-18(17)26-20/h4-9,12,15H,10-11H2,1-3H3,(H,21,23). The van der Waals surface area contributed by atoms with E-state index in [0.717, 1.165) is 26.4 Å². The number of carbonyl (C=O) groups is 1. The van der Waals surface area contributed by atoms with Crippen LogP contribution in [0.3, 0.4) is 0 Å². The van der Waals surface area contributed by atoms with Crippen LogP contribution in [0.1, 0.15) is 35.5 Å². The quantitative estimate of drug-likeness (QED) is 0.677. The van der Waals surface area contributed by atoms with E-state index in [1.165, 1.54) is 11.3 Å². The van der Waals surface area contributed by atoms with Crippen LogP contribution in [0.4, 0.5) is 0 Å². The minimum atomic E-state index is -3.49. The molecular weight excluding hydrogens is 380 g/mol. The molecule has 3 rings (SSSR count). The van der Waals surface area contributed by atoms with Gasteiger partial charge in [0.15, 0.2) is 9.84 Å². The molecule has 3 aromatic rings. The van der Waals surface area contributed by atoms with Crippen LogP contribution >= 0.6 is 11.3 Å². The van der Waals surface area contributed by atoms with Crippen molar-refractivity contribution in [2.45, 2.75) is 38.1 Å². The lowest BCUT2D eigenvalue weighted by atomic mass is 10.1. The summed E-state index contributed by atoms with van der Waals surface area (Å²) >= 11 is 1.53. The highest BCUT2D eigenvalue weighted by molar-refractivity contribution is 7.91. The number of hydrogen-bond donors (Lipinski definition) is 1. The second kappa shape index (κ2) is 7.78. The van der Waals surface area contributed by atoms with Crippen LogP contribution in [0.2, 0.25) is 0 Å². The highest BCUT2D eigenvalue weighted by Gasteiger charge is 2.19. The lowest BCUT2D eigenvalue weighted by molar-refractivity contribution is -0.121. The van der Waals surface area contributed by atoms with Crippen LogP contribution in [0.25, 0.3) is 10.2 Å². The van der Waals surface area contributed by atoms with Gasteiger partial charge in [0.25, 0.3) is 0 Å². The molecule has 0 saturated carbocycles. The molecule has 1 unspecified atom stereocenters. The van der Waals surface area contributed by atoms with Gasteiger partial charge in [0.05, 0.1) is 26.9 Å². The molecule has 1 amide bonds. The van der Waals surface area contributed by atoms with Crippen molar-refractivity contribution in [3.05, 3.63) is 58.6 Å². The van der Waals surface area contributed by atoms with E-state index in [9.17, 15) is 13.2 Å². The minimum Gasteiger partial charge on any atom is -0.347 e. The van der Waals surface area contributed by atoms with Crippen molar-refractivity contribution >= 4 is 37.3 Å². The highest BCUT2D eigenvalue weighted by atomic mass is 32.2. The van der Waals surface area contributed by atoms with Gasteiger partial charge in [-0.15, -0.1) is 11.3 Å². The summed E-state index contributed by atoms with van der Waals surface area (Å²) in [6.45, 7) is 5.66. The highest BCUT2D eigenvalue weighted by Crippen LogP contribution is 2.26. The molecule has 0 saturated heterocycles. The summed E-state index contributed by atoms with van der Waals surface area (Å²) in [6, 6.07) is 12.6. The van der Waals surface area contributed by atoms with E-state index in [2.05, 4.69) is 10.3 Å². The van der Waals surface area contributed by atoms with Crippen molar-refractivity contribution in [3.63, 3.8) is 0 Å². The molecule has 0 aliphatic carbocycles. The number of thiazole rings is 1. The summed E-state index contributed by atoms with van der Waals surface area (Å²) < 4.78 is 26.0. The molecule has 0 aliphatic rings. The first-order valence-corrected chi connectivity index (χ1v) is 11.2. The van der Waals surface area contributed by atoms with Crippen molar-refractivity contribution in [3.8, 4) is 0 Å². The van der Waals surface area contributed by atoms with E-state index in [-0.39, 0.29) is 29.0 Å². The fourth-order valence-electron chi connectivity index (χ4n) is 2.70. The maximum Gasteiger partial charge on any atom is 0.221 e. The normalized spacial score (nSPS) is 12.9. The zero-order valence-electron chi connectivity index (χ0n) is 15.5. The van der Waals surface area contributed by atoms with Crippen molar-refractivity contribution in [2.75, 3.05) is 5.75 Å². The monoisotopic (exact) mass is 402 g/mol. The van der Waals surface area contributed by atoms with E-state index in [0.29, 0.717) is 0 Å². The summed E-state index contributed by atoms with van der Waals surface area (Å²) in [4.78, 5) is 17.0. The number of para-hydroxylation sites is 1. The Labute approximate surface area is 163 Å². The first-order chi connectivity index (χ1) is 12.8. The molecule has 27 heavy (non-hydrogen) atoms. The average molecular weight is 403 g/mol. The number of fused-ring (bicyclic) bond motifs is 1. The Morgan fingerprint density at radius 3 is 2.59 bits per heavy atom. The number of sulfone groups is 1. The third kappa shape index (κ3) is 4.54. The molecule has 0 spiro atoms. The number of nitrogens with zero attached hydrogens (tertiary/aromatic N) is 1. The number of amides is 1. The van der Waals surface area contributed by atoms with Gasteiger partial charge in [-0.1, -0.05) is 18.2 Å². The number of hydrogen-bond acceptors (Lipinski definition) is 5. The largest absolute Gasteiger partial charge is 0.347 e. The third-order valence-electron chi connectivity index (χ3n) is 4.49. The van der Waals surface area contributed by atoms with Gasteiger partial charge < -0.3 is 5.32 Å². The summed E-state index contributed by atoms with van der Waals surface area (Å²) in [5.41, 5.74) is 2.86. The molecule has 2 aromatic carbocycles. The lowest BCUT2D eigenvalue weighted by Crippen LogP contribution is -2.28. The Morgan fingerprint density at radius 2 is 1.89 bits per heavy atom. The SMILES string of the molecule is Cc1ccc(S(=O)(=O)CCC(=O)NC(C)c2nc3ccccc3s2)cc1C. The molecule has 1 N–H and O–H groups in total. The summed E-state index contributed by atoms with van der Waals surface area (Å²) in [5, 5.41) is 3.65. The van der Waals surface area contributed by atoms with Gasteiger partial charge in [0.2, 0.25) is 5.91 Å². The first-order valence-electron chi connectivity index (χ1n) is 8.71. The predicted molar refractivity (Wildman–Crippen MR) is 109 cm³/mol. The van der Waals surface area contributed by atoms with Crippen LogP contribution in [0, 0.1) is 13.8 Å². The molecule has 142 valence electrons. The lowest BCUT2D eigenvalue weighted by Gasteiger charge is -2.11. The van der Waals surface area contributed by atoms with Gasteiger partial charge in [0.1, 0.15) is 5.01 Å². The van der Waals surface area contributed by atoms with Gasteiger partial charge >= 0.3 is 0 Å². The molecule has 0 aliphatic heterocycles. The van der Waals surface area contributed by atoms with Gasteiger partial charge in [-0.3, -0.25) is 4.79 Å². The second-order valence-electron chi connectivity index (χ2n) is 6.62. The van der Waals surface area contributed by atoms with Crippen LogP contribution < -0.4 is 5.32 Å². The van der Waals surface area contributed by atoms with E-state index >= 15 is 0 Å². The number of benzene rings is 2. The topological polar surface area (TPSA) is 76.1 Å². The van der Waals surface area contributed by atoms with Crippen molar-refractivity contribution in [1.82, 2.24) is 10.3 Å². The van der Waals surface area contributed by atoms with Gasteiger partial charge in [-0.25, -0.2) is 13.4 Å². The Balaban J connectivity index is 1.62. The third-order valence-corrected chi connectivity index (χ3v) is 7.43. The molecule has 0 radical (unpaired) electrons. The minimum absolute atomic E-state index is 0.0789. The smallest absolute Gasteiger partial charge is 0.221 e. The molecule has 1 atom stereocenters. The summed E-state index contributed by atoms with van der Waals surface area (Å²) in [7, 11) is -3.49. The first kappa shape index (κ1) is 19.5. The van der Waals surface area contributed by atoms with Crippen molar-refractivity contribution in [2.24, 2.45) is 0 Å². The van der Waals surface area contributed by atoms with E-state index in [1.807, 2.05) is 45.0 Å². The number of nitrogens with one attached hydrogen (secondary N) is 1. The molecule has 0 bridgehead atoms. The van der Waals surface area contributed by atoms with Gasteiger partial charge in [-0.05, 0) is 56.2 Å². The molecule has 5 nitrogen and oxygen atoms in total. The predicted octanol–water partition coefficient (Wildman–Crippen LogP) is 3.95. The maximum absolute atomic E-state index is 12.5. The maximum atomic E-state index is 12.5. The van der Waals surface area contributed by atoms with Crippen LogP contribution in [-0.4, -0.2) is 25.1 Å². The second-order valence-corrected chi connectivity index (χ2v) is 9.80. The van der Waals surface area contributed by atoms with Crippen LogP contribution in [0.5, 0.6) is 0 Å². The number of rotatable bonds is 6. The number of aryl methyl sites for hydroxylation is 2. The average Bonchev–Trinajstić information content (AvgIpc) is 3.06. The zero-order valence-corrected chi connectivity index (χ0v) is 17.2.